The summed E-state index contributed by atoms with van der Waals surface area (Å²) in [5.74, 6) is -0.403. The van der Waals surface area contributed by atoms with Crippen molar-refractivity contribution < 1.29 is 22.7 Å². The van der Waals surface area contributed by atoms with E-state index in [1.54, 1.807) is 37.3 Å². The molecule has 0 spiro atoms. The van der Waals surface area contributed by atoms with Crippen LogP contribution >= 0.6 is 34.8 Å². The van der Waals surface area contributed by atoms with Crippen LogP contribution in [0.15, 0.2) is 65.6 Å². The molecular weight excluding hydrogens is 633 g/mol. The molecule has 8 nitrogen and oxygen atoms in total. The molecule has 232 valence electrons. The van der Waals surface area contributed by atoms with Gasteiger partial charge in [-0.1, -0.05) is 79.3 Å². The molecule has 3 aromatic carbocycles. The van der Waals surface area contributed by atoms with Crippen LogP contribution in [0.1, 0.15) is 38.3 Å². The van der Waals surface area contributed by atoms with Gasteiger partial charge in [0.1, 0.15) is 18.3 Å². The van der Waals surface area contributed by atoms with Crippen LogP contribution in [0.3, 0.4) is 0 Å². The first kappa shape index (κ1) is 34.5. The van der Waals surface area contributed by atoms with E-state index >= 15 is 0 Å². The Morgan fingerprint density at radius 1 is 0.930 bits per heavy atom. The minimum absolute atomic E-state index is 0.00408. The molecule has 0 unspecified atom stereocenters. The Kier molecular flexibility index (Phi) is 12.2. The van der Waals surface area contributed by atoms with Crippen molar-refractivity contribution >= 4 is 62.3 Å². The number of halogens is 3. The van der Waals surface area contributed by atoms with Gasteiger partial charge in [-0.15, -0.1) is 0 Å². The number of ether oxygens (including phenoxy) is 1. The summed E-state index contributed by atoms with van der Waals surface area (Å²) in [6, 6.07) is 14.8. The zero-order chi connectivity index (χ0) is 31.9. The van der Waals surface area contributed by atoms with Crippen LogP contribution in [0.2, 0.25) is 15.1 Å². The topological polar surface area (TPSA) is 96.0 Å². The lowest BCUT2D eigenvalue weighted by Crippen LogP contribution is -2.52. The van der Waals surface area contributed by atoms with E-state index in [9.17, 15) is 18.0 Å². The number of carbonyl (C=O) groups is 2. The number of benzene rings is 3. The number of rotatable bonds is 13. The minimum Gasteiger partial charge on any atom is -0.495 e. The molecule has 0 aromatic heterocycles. The van der Waals surface area contributed by atoms with Crippen molar-refractivity contribution in [3.8, 4) is 5.75 Å². The van der Waals surface area contributed by atoms with Crippen LogP contribution in [0.25, 0.3) is 0 Å². The lowest BCUT2D eigenvalue weighted by atomic mass is 10.1. The van der Waals surface area contributed by atoms with E-state index in [1.165, 1.54) is 42.3 Å². The third-order valence-corrected chi connectivity index (χ3v) is 9.54. The van der Waals surface area contributed by atoms with E-state index in [1.807, 2.05) is 20.8 Å². The molecule has 2 amide bonds. The number of hydrogen-bond acceptors (Lipinski definition) is 5. The minimum atomic E-state index is -4.25. The number of anilines is 1. The number of carbonyl (C=O) groups excluding carboxylic acids is 2. The third kappa shape index (κ3) is 8.79. The van der Waals surface area contributed by atoms with E-state index < -0.39 is 28.5 Å². The van der Waals surface area contributed by atoms with Gasteiger partial charge in [0.2, 0.25) is 11.8 Å². The number of nitrogens with zero attached hydrogens (tertiary/aromatic N) is 2. The van der Waals surface area contributed by atoms with Gasteiger partial charge in [-0.05, 0) is 67.3 Å². The van der Waals surface area contributed by atoms with Crippen LogP contribution in [0.4, 0.5) is 5.69 Å². The van der Waals surface area contributed by atoms with Crippen molar-refractivity contribution in [3.63, 3.8) is 0 Å². The van der Waals surface area contributed by atoms with Crippen LogP contribution in [-0.2, 0) is 26.2 Å². The summed E-state index contributed by atoms with van der Waals surface area (Å²) in [5, 5.41) is 3.70. The molecule has 12 heteroatoms. The fourth-order valence-corrected chi connectivity index (χ4v) is 6.33. The second-order valence-corrected chi connectivity index (χ2v) is 13.6. The molecule has 0 saturated heterocycles. The average molecular weight is 669 g/mol. The Hall–Kier alpha value is -2.98. The van der Waals surface area contributed by atoms with Gasteiger partial charge >= 0.3 is 0 Å². The number of hydrogen-bond donors (Lipinski definition) is 1. The first-order chi connectivity index (χ1) is 20.3. The van der Waals surface area contributed by atoms with Crippen LogP contribution in [0, 0.1) is 12.8 Å². The molecule has 0 aliphatic carbocycles. The van der Waals surface area contributed by atoms with Crippen LogP contribution in [0.5, 0.6) is 5.75 Å². The van der Waals surface area contributed by atoms with E-state index in [0.717, 1.165) is 9.87 Å². The van der Waals surface area contributed by atoms with Crippen molar-refractivity contribution in [2.24, 2.45) is 5.92 Å². The SMILES string of the molecule is CC[C@@H](C(=O)NCC(C)C)N(Cc1ccc(Cl)c(Cl)c1)C(=O)CN(c1ccc(OC)c(Cl)c1)S(=O)(=O)c1ccc(C)cc1. The summed E-state index contributed by atoms with van der Waals surface area (Å²) >= 11 is 18.7. The molecule has 0 bridgehead atoms. The Morgan fingerprint density at radius 2 is 1.60 bits per heavy atom. The number of sulfonamides is 1. The van der Waals surface area contributed by atoms with Crippen LogP contribution < -0.4 is 14.4 Å². The fourth-order valence-electron chi connectivity index (χ4n) is 4.35. The Labute approximate surface area is 268 Å². The Balaban J connectivity index is 2.10. The maximum atomic E-state index is 14.2. The standard InChI is InChI=1S/C31H36Cl3N3O5S/c1-6-28(31(39)35-17-20(2)3)36(18-22-9-13-25(32)26(33)15-22)30(38)19-37(23-10-14-29(42-5)27(34)16-23)43(40,41)24-11-7-21(4)8-12-24/h7-16,20,28H,6,17-19H2,1-5H3,(H,35,39)/t28-/m0/s1. The summed E-state index contributed by atoms with van der Waals surface area (Å²) in [6.45, 7) is 7.37. The van der Waals surface area contributed by atoms with Crippen molar-refractivity contribution in [1.82, 2.24) is 10.2 Å². The number of methoxy groups -OCH3 is 1. The van der Waals surface area contributed by atoms with Crippen LogP contribution in [-0.4, -0.2) is 51.4 Å². The third-order valence-electron chi connectivity index (χ3n) is 6.72. The van der Waals surface area contributed by atoms with Crippen molar-refractivity contribution in [1.29, 1.82) is 0 Å². The molecule has 3 rings (SSSR count). The van der Waals surface area contributed by atoms with Gasteiger partial charge in [-0.2, -0.15) is 0 Å². The van der Waals surface area contributed by atoms with Crippen molar-refractivity contribution in [2.45, 2.75) is 51.6 Å². The molecule has 43 heavy (non-hydrogen) atoms. The summed E-state index contributed by atoms with van der Waals surface area (Å²) in [4.78, 5) is 28.9. The van der Waals surface area contributed by atoms with Gasteiger partial charge in [0.25, 0.3) is 10.0 Å². The molecule has 3 aromatic rings. The highest BCUT2D eigenvalue weighted by Crippen LogP contribution is 2.32. The van der Waals surface area contributed by atoms with Gasteiger partial charge in [-0.3, -0.25) is 13.9 Å². The molecule has 0 aliphatic rings. The summed E-state index contributed by atoms with van der Waals surface area (Å²) in [7, 11) is -2.80. The number of aryl methyl sites for hydroxylation is 1. The predicted octanol–water partition coefficient (Wildman–Crippen LogP) is 6.74. The van der Waals surface area contributed by atoms with Gasteiger partial charge in [0.15, 0.2) is 0 Å². The van der Waals surface area contributed by atoms with Gasteiger partial charge in [0.05, 0.1) is 32.8 Å². The highest BCUT2D eigenvalue weighted by molar-refractivity contribution is 7.92. The van der Waals surface area contributed by atoms with Crippen molar-refractivity contribution in [2.75, 3.05) is 24.5 Å². The Bertz CT molecular complexity index is 1550. The summed E-state index contributed by atoms with van der Waals surface area (Å²) < 4.78 is 34.3. The zero-order valence-electron chi connectivity index (χ0n) is 24.7. The highest BCUT2D eigenvalue weighted by Gasteiger charge is 2.34. The summed E-state index contributed by atoms with van der Waals surface area (Å²) in [6.07, 6.45) is 0.288. The number of nitrogens with one attached hydrogen (secondary N) is 1. The maximum Gasteiger partial charge on any atom is 0.264 e. The fraction of sp³-hybridized carbons (Fsp3) is 0.355. The quantitative estimate of drug-likeness (QED) is 0.218. The molecule has 0 aliphatic heterocycles. The Morgan fingerprint density at radius 3 is 2.16 bits per heavy atom. The van der Waals surface area contributed by atoms with Gasteiger partial charge in [0, 0.05) is 13.1 Å². The van der Waals surface area contributed by atoms with Gasteiger partial charge < -0.3 is 15.0 Å². The average Bonchev–Trinajstić information content (AvgIpc) is 2.96. The monoisotopic (exact) mass is 667 g/mol. The van der Waals surface area contributed by atoms with E-state index in [-0.39, 0.29) is 40.4 Å². The highest BCUT2D eigenvalue weighted by atomic mass is 35.5. The smallest absolute Gasteiger partial charge is 0.264 e. The van der Waals surface area contributed by atoms with E-state index in [2.05, 4.69) is 5.32 Å². The molecule has 0 heterocycles. The molecule has 0 radical (unpaired) electrons. The largest absolute Gasteiger partial charge is 0.495 e. The normalized spacial score (nSPS) is 12.1. The van der Waals surface area contributed by atoms with E-state index in [0.29, 0.717) is 27.9 Å². The molecular formula is C31H36Cl3N3O5S. The first-order valence-electron chi connectivity index (χ1n) is 13.7. The molecule has 1 atom stereocenters. The predicted molar refractivity (Wildman–Crippen MR) is 173 cm³/mol. The zero-order valence-corrected chi connectivity index (χ0v) is 27.8. The lowest BCUT2D eigenvalue weighted by molar-refractivity contribution is -0.140. The van der Waals surface area contributed by atoms with Crippen molar-refractivity contribution in [3.05, 3.63) is 86.9 Å². The number of amides is 2. The van der Waals surface area contributed by atoms with Gasteiger partial charge in [-0.25, -0.2) is 8.42 Å². The summed E-state index contributed by atoms with van der Waals surface area (Å²) in [5.41, 5.74) is 1.66. The second kappa shape index (κ2) is 15.1. The lowest BCUT2D eigenvalue weighted by Gasteiger charge is -2.33. The maximum absolute atomic E-state index is 14.2. The molecule has 0 fully saturated rings. The molecule has 0 saturated carbocycles. The second-order valence-electron chi connectivity index (χ2n) is 10.5. The first-order valence-corrected chi connectivity index (χ1v) is 16.3. The molecule has 1 N–H and O–H groups in total. The van der Waals surface area contributed by atoms with E-state index in [4.69, 9.17) is 39.5 Å².